The Morgan fingerprint density at radius 2 is 1.40 bits per heavy atom. The fourth-order valence-electron chi connectivity index (χ4n) is 5.59. The molecular formula is C34H29Zr. The van der Waals surface area contributed by atoms with E-state index in [-0.39, 0.29) is 0 Å². The molecule has 0 aromatic heterocycles. The van der Waals surface area contributed by atoms with Crippen LogP contribution in [0.3, 0.4) is 0 Å². The van der Waals surface area contributed by atoms with Crippen LogP contribution in [0.5, 0.6) is 0 Å². The van der Waals surface area contributed by atoms with E-state index in [4.69, 9.17) is 0 Å². The molecule has 1 unspecified atom stereocenters. The maximum absolute atomic E-state index is 2.50. The molecule has 2 aliphatic rings. The third-order valence-electron chi connectivity index (χ3n) is 7.24. The van der Waals surface area contributed by atoms with E-state index in [1.807, 2.05) is 0 Å². The average Bonchev–Trinajstić information content (AvgIpc) is 3.51. The number of hydrogen-bond donors (Lipinski definition) is 0. The summed E-state index contributed by atoms with van der Waals surface area (Å²) in [4.78, 5) is 0. The Morgan fingerprint density at radius 1 is 0.743 bits per heavy atom. The molecule has 1 atom stereocenters. The Labute approximate surface area is 220 Å². The molecule has 0 bridgehead atoms. The van der Waals surface area contributed by atoms with Gasteiger partial charge in [-0.2, -0.15) is 0 Å². The molecule has 0 heterocycles. The predicted molar refractivity (Wildman–Crippen MR) is 145 cm³/mol. The third-order valence-corrected chi connectivity index (χ3v) is 11.6. The second kappa shape index (κ2) is 10.0. The van der Waals surface area contributed by atoms with Gasteiger partial charge in [0.2, 0.25) is 0 Å². The van der Waals surface area contributed by atoms with Crippen LogP contribution in [0.2, 0.25) is 0 Å². The summed E-state index contributed by atoms with van der Waals surface area (Å²) < 4.78 is 2.11. The van der Waals surface area contributed by atoms with Crippen LogP contribution in [0.15, 0.2) is 121 Å². The zero-order valence-electron chi connectivity index (χ0n) is 20.2. The molecule has 0 amide bonds. The van der Waals surface area contributed by atoms with Gasteiger partial charge in [0, 0.05) is 0 Å². The SMILES string of the molecule is CCCC1=C(c2ccc3c(c2)-c2ccccc2[CH]3[Zr]=[C](c2ccccc2)c2ccccc2)CC=C1. The summed E-state index contributed by atoms with van der Waals surface area (Å²) in [6, 6.07) is 38.7. The molecule has 6 rings (SSSR count). The van der Waals surface area contributed by atoms with Gasteiger partial charge in [-0.25, -0.2) is 0 Å². The Bertz CT molecular complexity index is 1410. The van der Waals surface area contributed by atoms with Gasteiger partial charge in [-0.05, 0) is 0 Å². The molecule has 2 aliphatic carbocycles. The van der Waals surface area contributed by atoms with Crippen molar-refractivity contribution in [2.45, 2.75) is 29.8 Å². The molecule has 4 aromatic rings. The van der Waals surface area contributed by atoms with Crippen LogP contribution in [0.25, 0.3) is 16.7 Å². The molecule has 0 N–H and O–H groups in total. The van der Waals surface area contributed by atoms with Crippen LogP contribution in [-0.4, -0.2) is 3.21 Å². The van der Waals surface area contributed by atoms with Gasteiger partial charge in [-0.1, -0.05) is 0 Å². The van der Waals surface area contributed by atoms with E-state index in [0.29, 0.717) is 3.63 Å². The second-order valence-corrected chi connectivity index (χ2v) is 12.8. The summed E-state index contributed by atoms with van der Waals surface area (Å²) in [7, 11) is 0. The Hall–Kier alpha value is -2.89. The van der Waals surface area contributed by atoms with Crippen molar-refractivity contribution in [3.63, 3.8) is 0 Å². The molecule has 1 heteroatoms. The summed E-state index contributed by atoms with van der Waals surface area (Å²) in [5, 5.41) is 0. The van der Waals surface area contributed by atoms with Crippen LogP contribution in [0, 0.1) is 0 Å². The van der Waals surface area contributed by atoms with Crippen LogP contribution in [0.1, 0.15) is 57.6 Å². The van der Waals surface area contributed by atoms with Crippen molar-refractivity contribution < 1.29 is 22.8 Å². The van der Waals surface area contributed by atoms with Crippen molar-refractivity contribution >= 4 is 8.78 Å². The second-order valence-electron chi connectivity index (χ2n) is 9.43. The first-order valence-electron chi connectivity index (χ1n) is 12.7. The molecular weight excluding hydrogens is 500 g/mol. The van der Waals surface area contributed by atoms with Crippen LogP contribution in [0.4, 0.5) is 0 Å². The molecule has 0 nitrogen and oxygen atoms in total. The molecule has 0 radical (unpaired) electrons. The molecule has 0 saturated heterocycles. The van der Waals surface area contributed by atoms with Crippen molar-refractivity contribution in [2.75, 3.05) is 0 Å². The topological polar surface area (TPSA) is 0 Å². The average molecular weight is 529 g/mol. The van der Waals surface area contributed by atoms with Gasteiger partial charge >= 0.3 is 221 Å². The monoisotopic (exact) mass is 527 g/mol. The number of allylic oxidation sites excluding steroid dienone is 4. The molecule has 35 heavy (non-hydrogen) atoms. The van der Waals surface area contributed by atoms with Gasteiger partial charge in [-0.15, -0.1) is 0 Å². The Morgan fingerprint density at radius 3 is 2.11 bits per heavy atom. The van der Waals surface area contributed by atoms with Crippen LogP contribution >= 0.6 is 0 Å². The van der Waals surface area contributed by atoms with E-state index in [1.165, 1.54) is 62.9 Å². The molecule has 169 valence electrons. The summed E-state index contributed by atoms with van der Waals surface area (Å²) in [5.74, 6) is 0. The molecule has 4 aromatic carbocycles. The summed E-state index contributed by atoms with van der Waals surface area (Å²) in [6.45, 7) is 2.28. The van der Waals surface area contributed by atoms with Crippen molar-refractivity contribution in [3.8, 4) is 11.1 Å². The van der Waals surface area contributed by atoms with E-state index in [1.54, 1.807) is 3.21 Å². The number of hydrogen-bond acceptors (Lipinski definition) is 0. The van der Waals surface area contributed by atoms with E-state index < -0.39 is 22.8 Å². The molecule has 0 fully saturated rings. The van der Waals surface area contributed by atoms with Gasteiger partial charge in [-0.3, -0.25) is 0 Å². The quantitative estimate of drug-likeness (QED) is 0.235. The van der Waals surface area contributed by atoms with Crippen LogP contribution < -0.4 is 0 Å². The van der Waals surface area contributed by atoms with Gasteiger partial charge < -0.3 is 0 Å². The zero-order chi connectivity index (χ0) is 23.6. The van der Waals surface area contributed by atoms with E-state index >= 15 is 0 Å². The van der Waals surface area contributed by atoms with Gasteiger partial charge in [0.15, 0.2) is 0 Å². The standard InChI is InChI=1S/C21H19.C13H10.Zr/c1-2-6-15-8-5-10-19(15)18-12-11-17-13-16-7-3-4-9-20(16)21(17)14-18;1-3-7-12(8-4-1)11-13-9-5-2-6-10-13;/h3-5,7-9,11-14H,2,6,10H2,1H3;1-10H;. The number of fused-ring (bicyclic) bond motifs is 3. The first kappa shape index (κ1) is 22.6. The first-order chi connectivity index (χ1) is 17.3. The zero-order valence-corrected chi connectivity index (χ0v) is 22.6. The summed E-state index contributed by atoms with van der Waals surface area (Å²) in [5.41, 5.74) is 13.2. The number of rotatable bonds is 6. The van der Waals surface area contributed by atoms with Crippen molar-refractivity contribution in [2.24, 2.45) is 0 Å². The van der Waals surface area contributed by atoms with Crippen molar-refractivity contribution in [3.05, 3.63) is 149 Å². The van der Waals surface area contributed by atoms with E-state index in [0.717, 1.165) is 6.42 Å². The minimum absolute atomic E-state index is 0.528. The third kappa shape index (κ3) is 4.32. The maximum atomic E-state index is 2.50. The van der Waals surface area contributed by atoms with Gasteiger partial charge in [0.05, 0.1) is 0 Å². The predicted octanol–water partition coefficient (Wildman–Crippen LogP) is 8.62. The first-order valence-corrected chi connectivity index (χ1v) is 15.3. The minimum atomic E-state index is -1.04. The number of benzene rings is 4. The van der Waals surface area contributed by atoms with Gasteiger partial charge in [0.1, 0.15) is 0 Å². The Kier molecular flexibility index (Phi) is 6.45. The summed E-state index contributed by atoms with van der Waals surface area (Å²) in [6.07, 6.45) is 8.11. The molecule has 0 spiro atoms. The van der Waals surface area contributed by atoms with Crippen LogP contribution in [-0.2, 0) is 22.8 Å². The molecule has 0 aliphatic heterocycles. The fourth-order valence-corrected chi connectivity index (χ4v) is 9.94. The van der Waals surface area contributed by atoms with Gasteiger partial charge in [0.25, 0.3) is 0 Å². The van der Waals surface area contributed by atoms with E-state index in [2.05, 4.69) is 122 Å². The normalized spacial score (nSPS) is 15.6. The Balaban J connectivity index is 1.51. The van der Waals surface area contributed by atoms with Crippen molar-refractivity contribution in [1.29, 1.82) is 0 Å². The summed E-state index contributed by atoms with van der Waals surface area (Å²) >= 11 is -1.04. The molecule has 0 saturated carbocycles. The van der Waals surface area contributed by atoms with E-state index in [9.17, 15) is 0 Å². The van der Waals surface area contributed by atoms with Crippen molar-refractivity contribution in [1.82, 2.24) is 0 Å². The fraction of sp³-hybridized carbons (Fsp3) is 0.147.